The zero-order valence-corrected chi connectivity index (χ0v) is 17.3. The largest absolute Gasteiger partial charge is 0.497 e. The normalized spacial score (nSPS) is 13.2. The smallest absolute Gasteiger partial charge is 0.271 e. The quantitative estimate of drug-likeness (QED) is 0.517. The summed E-state index contributed by atoms with van der Waals surface area (Å²) in [6.07, 6.45) is 0.947. The number of nitrogens with one attached hydrogen (secondary N) is 1. The highest BCUT2D eigenvalue weighted by atomic mass is 32.2. The van der Waals surface area contributed by atoms with E-state index in [2.05, 4.69) is 5.32 Å². The van der Waals surface area contributed by atoms with Crippen molar-refractivity contribution >= 4 is 27.3 Å². The molecule has 0 aliphatic carbocycles. The number of hydrogen-bond acceptors (Lipinski definition) is 6. The Bertz CT molecular complexity index is 991. The van der Waals surface area contributed by atoms with Crippen LogP contribution >= 0.6 is 0 Å². The van der Waals surface area contributed by atoms with E-state index in [1.54, 1.807) is 38.3 Å². The first-order valence-electron chi connectivity index (χ1n) is 8.72. The molecule has 0 fully saturated rings. The summed E-state index contributed by atoms with van der Waals surface area (Å²) in [4.78, 5) is 23.2. The van der Waals surface area contributed by atoms with Crippen molar-refractivity contribution in [3.63, 3.8) is 0 Å². The van der Waals surface area contributed by atoms with Crippen molar-refractivity contribution < 1.29 is 22.9 Å². The number of nitro groups is 1. The van der Waals surface area contributed by atoms with Gasteiger partial charge in [0.1, 0.15) is 11.8 Å². The molecule has 2 unspecified atom stereocenters. The number of benzene rings is 2. The Morgan fingerprint density at radius 1 is 1.17 bits per heavy atom. The standard InChI is InChI=1S/C19H23N3O6S/c1-13(15-8-10-18(28-3)11-9-15)20-19(23)14(2)21(29(4,26)27)16-6-5-7-17(12-16)22(24)25/h5-14H,1-4H3,(H,20,23). The van der Waals surface area contributed by atoms with Gasteiger partial charge in [0.25, 0.3) is 5.69 Å². The van der Waals surface area contributed by atoms with E-state index in [1.165, 1.54) is 25.1 Å². The van der Waals surface area contributed by atoms with Crippen LogP contribution in [0.3, 0.4) is 0 Å². The van der Waals surface area contributed by atoms with Crippen LogP contribution in [0.5, 0.6) is 5.75 Å². The average Bonchev–Trinajstić information content (AvgIpc) is 2.67. The third kappa shape index (κ3) is 5.44. The summed E-state index contributed by atoms with van der Waals surface area (Å²) < 4.78 is 30.7. The zero-order chi connectivity index (χ0) is 21.8. The predicted octanol–water partition coefficient (Wildman–Crippen LogP) is 2.64. The van der Waals surface area contributed by atoms with E-state index in [1.807, 2.05) is 0 Å². The molecule has 2 aromatic rings. The van der Waals surface area contributed by atoms with Crippen molar-refractivity contribution in [3.8, 4) is 5.75 Å². The number of sulfonamides is 1. The van der Waals surface area contributed by atoms with E-state index in [9.17, 15) is 23.3 Å². The molecular weight excluding hydrogens is 398 g/mol. The lowest BCUT2D eigenvalue weighted by Crippen LogP contribution is -2.48. The van der Waals surface area contributed by atoms with Crippen LogP contribution in [0.2, 0.25) is 0 Å². The van der Waals surface area contributed by atoms with Gasteiger partial charge in [0.2, 0.25) is 15.9 Å². The maximum Gasteiger partial charge on any atom is 0.271 e. The molecule has 10 heteroatoms. The molecular formula is C19H23N3O6S. The number of non-ortho nitro benzene ring substituents is 1. The fourth-order valence-electron chi connectivity index (χ4n) is 2.86. The van der Waals surface area contributed by atoms with Gasteiger partial charge in [-0.1, -0.05) is 18.2 Å². The number of ether oxygens (including phenoxy) is 1. The van der Waals surface area contributed by atoms with E-state index < -0.39 is 26.9 Å². The van der Waals surface area contributed by atoms with E-state index in [4.69, 9.17) is 4.74 Å². The van der Waals surface area contributed by atoms with Gasteiger partial charge in [0.05, 0.1) is 30.0 Å². The SMILES string of the molecule is COc1ccc(C(C)NC(=O)C(C)N(c2cccc([N+](=O)[O-])c2)S(C)(=O)=O)cc1. The van der Waals surface area contributed by atoms with Gasteiger partial charge in [0, 0.05) is 12.1 Å². The van der Waals surface area contributed by atoms with Crippen molar-refractivity contribution in [3.05, 3.63) is 64.2 Å². The molecule has 9 nitrogen and oxygen atoms in total. The van der Waals surface area contributed by atoms with Crippen molar-refractivity contribution in [2.75, 3.05) is 17.7 Å². The number of anilines is 1. The van der Waals surface area contributed by atoms with Gasteiger partial charge in [-0.2, -0.15) is 0 Å². The molecule has 0 radical (unpaired) electrons. The Kier molecular flexibility index (Phi) is 6.80. The molecule has 0 aliphatic rings. The Labute approximate surface area is 169 Å². The molecule has 0 aromatic heterocycles. The number of carbonyl (C=O) groups excluding carboxylic acids is 1. The molecule has 0 spiro atoms. The molecule has 0 saturated heterocycles. The summed E-state index contributed by atoms with van der Waals surface area (Å²) in [6.45, 7) is 3.19. The molecule has 2 rings (SSSR count). The van der Waals surface area contributed by atoms with E-state index in [-0.39, 0.29) is 17.4 Å². The lowest BCUT2D eigenvalue weighted by molar-refractivity contribution is -0.384. The number of carbonyl (C=O) groups is 1. The second-order valence-corrected chi connectivity index (χ2v) is 8.37. The third-order valence-electron chi connectivity index (χ3n) is 4.36. The molecule has 2 atom stereocenters. The van der Waals surface area contributed by atoms with Crippen LogP contribution in [0, 0.1) is 10.1 Å². The van der Waals surface area contributed by atoms with E-state index in [0.717, 1.165) is 22.2 Å². The van der Waals surface area contributed by atoms with Crippen LogP contribution in [0.4, 0.5) is 11.4 Å². The summed E-state index contributed by atoms with van der Waals surface area (Å²) in [5.74, 6) is 0.139. The van der Waals surface area contributed by atoms with Crippen LogP contribution in [0.25, 0.3) is 0 Å². The molecule has 29 heavy (non-hydrogen) atoms. The minimum absolute atomic E-state index is 0.0430. The van der Waals surface area contributed by atoms with Crippen molar-refractivity contribution in [2.24, 2.45) is 0 Å². The lowest BCUT2D eigenvalue weighted by Gasteiger charge is -2.29. The molecule has 0 heterocycles. The van der Waals surface area contributed by atoms with E-state index >= 15 is 0 Å². The van der Waals surface area contributed by atoms with Crippen LogP contribution < -0.4 is 14.4 Å². The topological polar surface area (TPSA) is 119 Å². The van der Waals surface area contributed by atoms with Crippen LogP contribution in [-0.2, 0) is 14.8 Å². The Balaban J connectivity index is 2.26. The van der Waals surface area contributed by atoms with Gasteiger partial charge in [0.15, 0.2) is 0 Å². The minimum atomic E-state index is -3.88. The van der Waals surface area contributed by atoms with Crippen molar-refractivity contribution in [2.45, 2.75) is 25.9 Å². The number of nitrogens with zero attached hydrogens (tertiary/aromatic N) is 2. The van der Waals surface area contributed by atoms with Crippen molar-refractivity contribution in [1.29, 1.82) is 0 Å². The number of hydrogen-bond donors (Lipinski definition) is 1. The van der Waals surface area contributed by atoms with Gasteiger partial charge < -0.3 is 10.1 Å². The van der Waals surface area contributed by atoms with Crippen LogP contribution in [0.15, 0.2) is 48.5 Å². The highest BCUT2D eigenvalue weighted by Gasteiger charge is 2.30. The molecule has 2 aromatic carbocycles. The van der Waals surface area contributed by atoms with Crippen molar-refractivity contribution in [1.82, 2.24) is 5.32 Å². The van der Waals surface area contributed by atoms with Gasteiger partial charge in [-0.05, 0) is 37.6 Å². The summed E-state index contributed by atoms with van der Waals surface area (Å²) in [6, 6.07) is 10.8. The first-order chi connectivity index (χ1) is 13.5. The number of amides is 1. The average molecular weight is 421 g/mol. The lowest BCUT2D eigenvalue weighted by atomic mass is 10.1. The van der Waals surface area contributed by atoms with Crippen LogP contribution in [0.1, 0.15) is 25.5 Å². The molecule has 0 bridgehead atoms. The second kappa shape index (κ2) is 8.91. The van der Waals surface area contributed by atoms with Gasteiger partial charge in [-0.3, -0.25) is 19.2 Å². The zero-order valence-electron chi connectivity index (χ0n) is 16.5. The first-order valence-corrected chi connectivity index (χ1v) is 10.6. The summed E-state index contributed by atoms with van der Waals surface area (Å²) in [7, 11) is -2.33. The molecule has 1 amide bonds. The summed E-state index contributed by atoms with van der Waals surface area (Å²) >= 11 is 0. The molecule has 0 saturated carbocycles. The highest BCUT2D eigenvalue weighted by molar-refractivity contribution is 7.92. The monoisotopic (exact) mass is 421 g/mol. The first kappa shape index (κ1) is 22.2. The number of rotatable bonds is 8. The van der Waals surface area contributed by atoms with Gasteiger partial charge in [-0.15, -0.1) is 0 Å². The minimum Gasteiger partial charge on any atom is -0.497 e. The second-order valence-electron chi connectivity index (χ2n) is 6.52. The van der Waals surface area contributed by atoms with Crippen LogP contribution in [-0.4, -0.2) is 38.7 Å². The molecule has 1 N–H and O–H groups in total. The third-order valence-corrected chi connectivity index (χ3v) is 5.60. The Morgan fingerprint density at radius 2 is 1.79 bits per heavy atom. The Morgan fingerprint density at radius 3 is 2.31 bits per heavy atom. The van der Waals surface area contributed by atoms with Gasteiger partial charge >= 0.3 is 0 Å². The predicted molar refractivity (Wildman–Crippen MR) is 109 cm³/mol. The fourth-order valence-corrected chi connectivity index (χ4v) is 4.03. The Hall–Kier alpha value is -3.14. The molecule has 156 valence electrons. The number of methoxy groups -OCH3 is 1. The maximum atomic E-state index is 12.8. The van der Waals surface area contributed by atoms with Gasteiger partial charge in [-0.25, -0.2) is 8.42 Å². The molecule has 0 aliphatic heterocycles. The highest BCUT2D eigenvalue weighted by Crippen LogP contribution is 2.26. The fraction of sp³-hybridized carbons (Fsp3) is 0.316. The summed E-state index contributed by atoms with van der Waals surface area (Å²) in [5, 5.41) is 13.8. The summed E-state index contributed by atoms with van der Waals surface area (Å²) in [5.41, 5.74) is 0.587. The number of nitro benzene ring substituents is 1. The maximum absolute atomic E-state index is 12.8. The van der Waals surface area contributed by atoms with E-state index in [0.29, 0.717) is 5.75 Å².